The van der Waals surface area contributed by atoms with E-state index in [1.807, 2.05) is 4.90 Å². The standard InChI is InChI=1S/C14H20N2OS/c1-10-5-6-13(11(2)8-10)15-14(18)16-7-3-4-12(17)9-16/h5-6,8,12,17H,3-4,7,9H2,1-2H3,(H,15,18). The normalized spacial score (nSPS) is 19.7. The number of rotatable bonds is 1. The zero-order chi connectivity index (χ0) is 13.1. The van der Waals surface area contributed by atoms with Crippen molar-refractivity contribution in [1.82, 2.24) is 4.90 Å². The van der Waals surface area contributed by atoms with Crippen molar-refractivity contribution in [3.63, 3.8) is 0 Å². The molecule has 0 aromatic heterocycles. The van der Waals surface area contributed by atoms with E-state index >= 15 is 0 Å². The van der Waals surface area contributed by atoms with Gasteiger partial charge in [0, 0.05) is 18.8 Å². The average Bonchev–Trinajstić information content (AvgIpc) is 2.32. The second-order valence-electron chi connectivity index (χ2n) is 4.99. The molecule has 0 radical (unpaired) electrons. The molecule has 0 spiro atoms. The Bertz CT molecular complexity index is 447. The van der Waals surface area contributed by atoms with Gasteiger partial charge in [0.15, 0.2) is 5.11 Å². The van der Waals surface area contributed by atoms with Crippen molar-refractivity contribution in [3.05, 3.63) is 29.3 Å². The maximum atomic E-state index is 9.66. The lowest BCUT2D eigenvalue weighted by molar-refractivity contribution is 0.104. The van der Waals surface area contributed by atoms with Crippen LogP contribution in [-0.4, -0.2) is 34.3 Å². The van der Waals surface area contributed by atoms with E-state index in [1.54, 1.807) is 0 Å². The molecule has 0 bridgehead atoms. The first-order valence-electron chi connectivity index (χ1n) is 6.37. The summed E-state index contributed by atoms with van der Waals surface area (Å²) in [6.07, 6.45) is 1.62. The second kappa shape index (κ2) is 5.67. The molecule has 1 aliphatic heterocycles. The summed E-state index contributed by atoms with van der Waals surface area (Å²) in [4.78, 5) is 2.04. The van der Waals surface area contributed by atoms with Crippen molar-refractivity contribution in [3.8, 4) is 0 Å². The van der Waals surface area contributed by atoms with Crippen LogP contribution in [0.2, 0.25) is 0 Å². The lowest BCUT2D eigenvalue weighted by Gasteiger charge is -2.32. The van der Waals surface area contributed by atoms with Crippen molar-refractivity contribution in [2.45, 2.75) is 32.8 Å². The van der Waals surface area contributed by atoms with Gasteiger partial charge in [0.2, 0.25) is 0 Å². The van der Waals surface area contributed by atoms with E-state index in [0.717, 1.165) is 25.1 Å². The number of likely N-dealkylation sites (tertiary alicyclic amines) is 1. The molecule has 1 aliphatic rings. The number of β-amino-alcohol motifs (C(OH)–C–C–N with tert-alkyl or cyclic N) is 1. The summed E-state index contributed by atoms with van der Waals surface area (Å²) >= 11 is 5.41. The molecular formula is C14H20N2OS. The highest BCUT2D eigenvalue weighted by atomic mass is 32.1. The van der Waals surface area contributed by atoms with Gasteiger partial charge in [-0.25, -0.2) is 0 Å². The van der Waals surface area contributed by atoms with E-state index in [1.165, 1.54) is 11.1 Å². The molecule has 0 amide bonds. The van der Waals surface area contributed by atoms with Crippen LogP contribution in [0.25, 0.3) is 0 Å². The van der Waals surface area contributed by atoms with Crippen LogP contribution in [0, 0.1) is 13.8 Å². The van der Waals surface area contributed by atoms with E-state index < -0.39 is 0 Å². The fourth-order valence-corrected chi connectivity index (χ4v) is 2.56. The highest BCUT2D eigenvalue weighted by molar-refractivity contribution is 7.80. The molecule has 1 saturated heterocycles. The first-order valence-corrected chi connectivity index (χ1v) is 6.78. The topological polar surface area (TPSA) is 35.5 Å². The van der Waals surface area contributed by atoms with Gasteiger partial charge >= 0.3 is 0 Å². The molecule has 1 aromatic rings. The maximum Gasteiger partial charge on any atom is 0.173 e. The Balaban J connectivity index is 2.02. The number of anilines is 1. The average molecular weight is 264 g/mol. The highest BCUT2D eigenvalue weighted by Gasteiger charge is 2.19. The van der Waals surface area contributed by atoms with Crippen LogP contribution in [0.1, 0.15) is 24.0 Å². The van der Waals surface area contributed by atoms with E-state index in [4.69, 9.17) is 12.2 Å². The Morgan fingerprint density at radius 3 is 2.89 bits per heavy atom. The summed E-state index contributed by atoms with van der Waals surface area (Å²) in [5.41, 5.74) is 3.48. The smallest absolute Gasteiger partial charge is 0.173 e. The van der Waals surface area contributed by atoms with Crippen molar-refractivity contribution in [2.24, 2.45) is 0 Å². The van der Waals surface area contributed by atoms with Crippen molar-refractivity contribution >= 4 is 23.0 Å². The summed E-state index contributed by atoms with van der Waals surface area (Å²) in [6.45, 7) is 5.71. The number of aryl methyl sites for hydroxylation is 2. The molecule has 18 heavy (non-hydrogen) atoms. The van der Waals surface area contributed by atoms with Gasteiger partial charge in [-0.05, 0) is 50.5 Å². The van der Waals surface area contributed by atoms with Crippen LogP contribution in [0.3, 0.4) is 0 Å². The minimum Gasteiger partial charge on any atom is -0.391 e. The first-order chi connectivity index (χ1) is 8.56. The third kappa shape index (κ3) is 3.21. The SMILES string of the molecule is Cc1ccc(NC(=S)N2CCCC(O)C2)c(C)c1. The third-order valence-electron chi connectivity index (χ3n) is 3.31. The van der Waals surface area contributed by atoms with Crippen LogP contribution in [-0.2, 0) is 0 Å². The summed E-state index contributed by atoms with van der Waals surface area (Å²) in [5.74, 6) is 0. The molecule has 1 aromatic carbocycles. The van der Waals surface area contributed by atoms with Gasteiger partial charge in [-0.15, -0.1) is 0 Å². The van der Waals surface area contributed by atoms with E-state index in [9.17, 15) is 5.11 Å². The number of benzene rings is 1. The predicted molar refractivity (Wildman–Crippen MR) is 79.0 cm³/mol. The van der Waals surface area contributed by atoms with Gasteiger partial charge in [0.1, 0.15) is 0 Å². The Morgan fingerprint density at radius 1 is 1.44 bits per heavy atom. The second-order valence-corrected chi connectivity index (χ2v) is 5.38. The molecule has 1 heterocycles. The lowest BCUT2D eigenvalue weighted by atomic mass is 10.1. The van der Waals surface area contributed by atoms with Crippen LogP contribution in [0.5, 0.6) is 0 Å². The first kappa shape index (κ1) is 13.3. The number of thiocarbonyl (C=S) groups is 1. The molecule has 0 saturated carbocycles. The van der Waals surface area contributed by atoms with Gasteiger partial charge in [-0.1, -0.05) is 17.7 Å². The Morgan fingerprint density at radius 2 is 2.22 bits per heavy atom. The number of piperidine rings is 1. The van der Waals surface area contributed by atoms with Crippen LogP contribution in [0.15, 0.2) is 18.2 Å². The van der Waals surface area contributed by atoms with Crippen LogP contribution < -0.4 is 5.32 Å². The Hall–Kier alpha value is -1.13. The van der Waals surface area contributed by atoms with E-state index in [-0.39, 0.29) is 6.10 Å². The summed E-state index contributed by atoms with van der Waals surface area (Å²) in [5, 5.41) is 13.6. The van der Waals surface area contributed by atoms with Crippen molar-refractivity contribution < 1.29 is 5.11 Å². The number of hydrogen-bond acceptors (Lipinski definition) is 2. The lowest BCUT2D eigenvalue weighted by Crippen LogP contribution is -2.44. The molecule has 1 unspecified atom stereocenters. The monoisotopic (exact) mass is 264 g/mol. The zero-order valence-electron chi connectivity index (χ0n) is 10.9. The van der Waals surface area contributed by atoms with E-state index in [2.05, 4.69) is 37.4 Å². The largest absolute Gasteiger partial charge is 0.391 e. The Kier molecular flexibility index (Phi) is 4.19. The molecule has 2 rings (SSSR count). The molecule has 3 nitrogen and oxygen atoms in total. The molecule has 0 aliphatic carbocycles. The quantitative estimate of drug-likeness (QED) is 0.764. The molecular weight excluding hydrogens is 244 g/mol. The van der Waals surface area contributed by atoms with Gasteiger partial charge in [-0.2, -0.15) is 0 Å². The molecule has 2 N–H and O–H groups in total. The fraction of sp³-hybridized carbons (Fsp3) is 0.500. The molecule has 1 fully saturated rings. The fourth-order valence-electron chi connectivity index (χ4n) is 2.29. The van der Waals surface area contributed by atoms with Crippen LogP contribution in [0.4, 0.5) is 5.69 Å². The molecule has 98 valence electrons. The highest BCUT2D eigenvalue weighted by Crippen LogP contribution is 2.18. The van der Waals surface area contributed by atoms with Crippen molar-refractivity contribution in [2.75, 3.05) is 18.4 Å². The molecule has 4 heteroatoms. The van der Waals surface area contributed by atoms with Gasteiger partial charge in [0.05, 0.1) is 6.10 Å². The third-order valence-corrected chi connectivity index (χ3v) is 3.67. The number of aliphatic hydroxyl groups excluding tert-OH is 1. The predicted octanol–water partition coefficient (Wildman–Crippen LogP) is 2.46. The van der Waals surface area contributed by atoms with Gasteiger partial charge in [-0.3, -0.25) is 0 Å². The summed E-state index contributed by atoms with van der Waals surface area (Å²) in [7, 11) is 0. The van der Waals surface area contributed by atoms with Gasteiger partial charge in [0.25, 0.3) is 0 Å². The maximum absolute atomic E-state index is 9.66. The van der Waals surface area contributed by atoms with Crippen LogP contribution >= 0.6 is 12.2 Å². The minimum absolute atomic E-state index is 0.252. The van der Waals surface area contributed by atoms with Gasteiger partial charge < -0.3 is 15.3 Å². The number of nitrogens with zero attached hydrogens (tertiary/aromatic N) is 1. The number of hydrogen-bond donors (Lipinski definition) is 2. The summed E-state index contributed by atoms with van der Waals surface area (Å²) < 4.78 is 0. The Labute approximate surface area is 114 Å². The number of nitrogens with one attached hydrogen (secondary N) is 1. The van der Waals surface area contributed by atoms with E-state index in [0.29, 0.717) is 11.7 Å². The minimum atomic E-state index is -0.252. The zero-order valence-corrected chi connectivity index (χ0v) is 11.8. The number of aliphatic hydroxyl groups is 1. The summed E-state index contributed by atoms with van der Waals surface area (Å²) in [6, 6.07) is 6.26. The van der Waals surface area contributed by atoms with Crippen molar-refractivity contribution in [1.29, 1.82) is 0 Å². The molecule has 1 atom stereocenters.